The molecule has 0 aromatic heterocycles. The lowest BCUT2D eigenvalue weighted by Crippen LogP contribution is -2.33. The second-order valence-electron chi connectivity index (χ2n) is 6.15. The van der Waals surface area contributed by atoms with Crippen LogP contribution >= 0.6 is 0 Å². The fraction of sp³-hybridized carbons (Fsp3) is 0.250. The Kier molecular flexibility index (Phi) is 5.30. The topological polar surface area (TPSA) is 57.7 Å². The Morgan fingerprint density at radius 3 is 2.19 bits per heavy atom. The monoisotopic (exact) mass is 372 g/mol. The van der Waals surface area contributed by atoms with Crippen LogP contribution < -0.4 is 4.90 Å². The fourth-order valence-corrected chi connectivity index (χ4v) is 3.12. The molecule has 0 saturated heterocycles. The SMILES string of the molecule is CCN(C(=O)CCCN1C(=O)c2ccccc2C1=O)c1ccc(F)c(F)c1. The minimum absolute atomic E-state index is 0.0697. The summed E-state index contributed by atoms with van der Waals surface area (Å²) in [5.74, 6) is -3.02. The third kappa shape index (κ3) is 3.58. The van der Waals surface area contributed by atoms with Crippen LogP contribution in [0.4, 0.5) is 14.5 Å². The predicted molar refractivity (Wildman–Crippen MR) is 95.4 cm³/mol. The lowest BCUT2D eigenvalue weighted by Gasteiger charge is -2.22. The van der Waals surface area contributed by atoms with Crippen molar-refractivity contribution in [3.05, 3.63) is 65.2 Å². The molecular weight excluding hydrogens is 354 g/mol. The molecule has 0 fully saturated rings. The molecule has 5 nitrogen and oxygen atoms in total. The minimum atomic E-state index is -1.02. The van der Waals surface area contributed by atoms with Gasteiger partial charge >= 0.3 is 0 Å². The van der Waals surface area contributed by atoms with Crippen LogP contribution in [0.25, 0.3) is 0 Å². The number of halogens is 2. The largest absolute Gasteiger partial charge is 0.313 e. The van der Waals surface area contributed by atoms with Crippen molar-refractivity contribution >= 4 is 23.4 Å². The summed E-state index contributed by atoms with van der Waals surface area (Å²) in [4.78, 5) is 39.5. The van der Waals surface area contributed by atoms with E-state index in [1.165, 1.54) is 11.0 Å². The molecule has 1 aliphatic heterocycles. The number of benzene rings is 2. The molecule has 3 rings (SSSR count). The highest BCUT2D eigenvalue weighted by atomic mass is 19.2. The van der Waals surface area contributed by atoms with Crippen LogP contribution in [0, 0.1) is 11.6 Å². The van der Waals surface area contributed by atoms with Crippen LogP contribution in [0.5, 0.6) is 0 Å². The maximum absolute atomic E-state index is 13.4. The zero-order chi connectivity index (χ0) is 19.6. The van der Waals surface area contributed by atoms with E-state index < -0.39 is 11.6 Å². The number of rotatable bonds is 6. The smallest absolute Gasteiger partial charge is 0.261 e. The molecule has 0 aliphatic carbocycles. The summed E-state index contributed by atoms with van der Waals surface area (Å²) in [7, 11) is 0. The molecule has 0 N–H and O–H groups in total. The molecule has 0 unspecified atom stereocenters. The molecule has 2 aromatic carbocycles. The Bertz CT molecular complexity index is 879. The summed E-state index contributed by atoms with van der Waals surface area (Å²) in [6, 6.07) is 9.87. The summed E-state index contributed by atoms with van der Waals surface area (Å²) < 4.78 is 26.5. The number of carbonyl (C=O) groups is 3. The van der Waals surface area contributed by atoms with Crippen LogP contribution in [-0.4, -0.2) is 35.7 Å². The summed E-state index contributed by atoms with van der Waals surface area (Å²) in [5, 5.41) is 0. The standard InChI is InChI=1S/C20H18F2N2O3/c1-2-23(13-9-10-16(21)17(22)12-13)18(25)8-5-11-24-19(26)14-6-3-4-7-15(14)20(24)27/h3-4,6-7,9-10,12H,2,5,8,11H2,1H3. The van der Waals surface area contributed by atoms with Gasteiger partial charge in [0.1, 0.15) is 0 Å². The highest BCUT2D eigenvalue weighted by molar-refractivity contribution is 6.21. The van der Waals surface area contributed by atoms with Gasteiger partial charge in [-0.15, -0.1) is 0 Å². The van der Waals surface area contributed by atoms with Gasteiger partial charge in [0.05, 0.1) is 11.1 Å². The van der Waals surface area contributed by atoms with E-state index in [-0.39, 0.29) is 49.3 Å². The summed E-state index contributed by atoms with van der Waals surface area (Å²) in [6.07, 6.45) is 0.352. The zero-order valence-electron chi connectivity index (χ0n) is 14.7. The van der Waals surface area contributed by atoms with Gasteiger partial charge in [0.25, 0.3) is 11.8 Å². The lowest BCUT2D eigenvalue weighted by atomic mass is 10.1. The Labute approximate surface area is 155 Å². The normalized spacial score (nSPS) is 13.1. The molecule has 27 heavy (non-hydrogen) atoms. The number of carbonyl (C=O) groups excluding carboxylic acids is 3. The summed E-state index contributed by atoms with van der Waals surface area (Å²) >= 11 is 0. The van der Waals surface area contributed by atoms with E-state index in [1.807, 2.05) is 0 Å². The number of fused-ring (bicyclic) bond motifs is 1. The number of hydrogen-bond donors (Lipinski definition) is 0. The van der Waals surface area contributed by atoms with Gasteiger partial charge in [-0.2, -0.15) is 0 Å². The molecule has 0 radical (unpaired) electrons. The van der Waals surface area contributed by atoms with E-state index in [0.29, 0.717) is 11.1 Å². The van der Waals surface area contributed by atoms with Gasteiger partial charge in [-0.05, 0) is 37.6 Å². The van der Waals surface area contributed by atoms with Gasteiger partial charge in [-0.25, -0.2) is 8.78 Å². The van der Waals surface area contributed by atoms with E-state index in [9.17, 15) is 23.2 Å². The third-order valence-corrected chi connectivity index (χ3v) is 4.48. The van der Waals surface area contributed by atoms with Gasteiger partial charge in [-0.3, -0.25) is 19.3 Å². The Morgan fingerprint density at radius 1 is 1.00 bits per heavy atom. The first kappa shape index (κ1) is 18.7. The van der Waals surface area contributed by atoms with Crippen molar-refractivity contribution in [2.45, 2.75) is 19.8 Å². The maximum Gasteiger partial charge on any atom is 0.261 e. The third-order valence-electron chi connectivity index (χ3n) is 4.48. The molecule has 3 amide bonds. The first-order valence-electron chi connectivity index (χ1n) is 8.64. The average Bonchev–Trinajstić information content (AvgIpc) is 2.90. The van der Waals surface area contributed by atoms with E-state index in [2.05, 4.69) is 0 Å². The van der Waals surface area contributed by atoms with E-state index in [1.54, 1.807) is 31.2 Å². The number of amides is 3. The van der Waals surface area contributed by atoms with Crippen molar-refractivity contribution in [1.82, 2.24) is 4.90 Å². The van der Waals surface area contributed by atoms with Crippen molar-refractivity contribution < 1.29 is 23.2 Å². The predicted octanol–water partition coefficient (Wildman–Crippen LogP) is 3.39. The molecule has 140 valence electrons. The highest BCUT2D eigenvalue weighted by Crippen LogP contribution is 2.23. The van der Waals surface area contributed by atoms with Gasteiger partial charge in [-0.1, -0.05) is 12.1 Å². The molecule has 0 atom stereocenters. The Balaban J connectivity index is 1.61. The quantitative estimate of drug-likeness (QED) is 0.731. The lowest BCUT2D eigenvalue weighted by molar-refractivity contribution is -0.118. The first-order chi connectivity index (χ1) is 12.9. The van der Waals surface area contributed by atoms with Gasteiger partial charge in [0, 0.05) is 31.3 Å². The Hall–Kier alpha value is -3.09. The molecule has 0 spiro atoms. The molecule has 0 bridgehead atoms. The molecule has 7 heteroatoms. The van der Waals surface area contributed by atoms with Gasteiger partial charge < -0.3 is 4.90 Å². The summed E-state index contributed by atoms with van der Waals surface area (Å²) in [5.41, 5.74) is 0.999. The van der Waals surface area contributed by atoms with Crippen LogP contribution in [0.2, 0.25) is 0 Å². The molecular formula is C20H18F2N2O3. The van der Waals surface area contributed by atoms with E-state index >= 15 is 0 Å². The minimum Gasteiger partial charge on any atom is -0.313 e. The average molecular weight is 372 g/mol. The maximum atomic E-state index is 13.4. The zero-order valence-corrected chi connectivity index (χ0v) is 14.7. The Morgan fingerprint density at radius 2 is 1.63 bits per heavy atom. The van der Waals surface area contributed by atoms with E-state index in [4.69, 9.17) is 0 Å². The summed E-state index contributed by atoms with van der Waals surface area (Å²) in [6.45, 7) is 2.13. The second kappa shape index (κ2) is 7.65. The molecule has 1 aliphatic rings. The number of anilines is 1. The van der Waals surface area contributed by atoms with Crippen molar-refractivity contribution in [3.8, 4) is 0 Å². The number of nitrogens with zero attached hydrogens (tertiary/aromatic N) is 2. The molecule has 2 aromatic rings. The van der Waals surface area contributed by atoms with Crippen LogP contribution in [0.1, 0.15) is 40.5 Å². The van der Waals surface area contributed by atoms with Crippen molar-refractivity contribution in [3.63, 3.8) is 0 Å². The van der Waals surface area contributed by atoms with Crippen molar-refractivity contribution in [2.75, 3.05) is 18.0 Å². The second-order valence-corrected chi connectivity index (χ2v) is 6.15. The van der Waals surface area contributed by atoms with Crippen LogP contribution in [0.15, 0.2) is 42.5 Å². The van der Waals surface area contributed by atoms with E-state index in [0.717, 1.165) is 17.0 Å². The van der Waals surface area contributed by atoms with Gasteiger partial charge in [0.2, 0.25) is 5.91 Å². The first-order valence-corrected chi connectivity index (χ1v) is 8.64. The number of hydrogen-bond acceptors (Lipinski definition) is 3. The molecule has 0 saturated carbocycles. The van der Waals surface area contributed by atoms with Crippen LogP contribution in [-0.2, 0) is 4.79 Å². The van der Waals surface area contributed by atoms with Gasteiger partial charge in [0.15, 0.2) is 11.6 Å². The molecule has 1 heterocycles. The number of imide groups is 1. The highest BCUT2D eigenvalue weighted by Gasteiger charge is 2.34. The fourth-order valence-electron chi connectivity index (χ4n) is 3.12. The van der Waals surface area contributed by atoms with Crippen molar-refractivity contribution in [1.29, 1.82) is 0 Å². The van der Waals surface area contributed by atoms with Crippen LogP contribution in [0.3, 0.4) is 0 Å². The van der Waals surface area contributed by atoms with Crippen molar-refractivity contribution in [2.24, 2.45) is 0 Å².